The number of carbonyl (C=O) groups excluding carboxylic acids is 3. The van der Waals surface area contributed by atoms with E-state index in [2.05, 4.69) is 45.2 Å². The van der Waals surface area contributed by atoms with Crippen LogP contribution in [-0.2, 0) is 9.59 Å². The minimum Gasteiger partial charge on any atom is -0.465 e. The maximum absolute atomic E-state index is 13.3. The van der Waals surface area contributed by atoms with E-state index in [1.165, 1.54) is 35.4 Å². The Kier molecular flexibility index (Phi) is 9.37. The smallest absolute Gasteiger partial charge is 0.272 e. The van der Waals surface area contributed by atoms with Gasteiger partial charge in [-0.1, -0.05) is 60.7 Å². The highest BCUT2D eigenvalue weighted by atomic mass is 32.2. The minimum absolute atomic E-state index is 0.0149. The fourth-order valence-electron chi connectivity index (χ4n) is 4.58. The molecule has 6 aromatic rings. The van der Waals surface area contributed by atoms with E-state index >= 15 is 0 Å². The second-order valence-corrected chi connectivity index (χ2v) is 12.5. The summed E-state index contributed by atoms with van der Waals surface area (Å²) in [4.78, 5) is 44.6. The first kappa shape index (κ1) is 30.6. The van der Waals surface area contributed by atoms with E-state index in [0.717, 1.165) is 26.9 Å². The van der Waals surface area contributed by atoms with E-state index in [1.54, 1.807) is 60.7 Å². The van der Waals surface area contributed by atoms with E-state index < -0.39 is 17.1 Å². The molecule has 0 saturated heterocycles. The lowest BCUT2D eigenvalue weighted by molar-refractivity contribution is -0.115. The predicted molar refractivity (Wildman–Crippen MR) is 185 cm³/mol. The molecule has 46 heavy (non-hydrogen) atoms. The van der Waals surface area contributed by atoms with Crippen LogP contribution in [0.15, 0.2) is 136 Å². The molecule has 2 heterocycles. The number of amides is 3. The van der Waals surface area contributed by atoms with Crippen LogP contribution in [0, 0.1) is 0 Å². The molecule has 3 N–H and O–H groups in total. The first-order valence-corrected chi connectivity index (χ1v) is 16.1. The third-order valence-electron chi connectivity index (χ3n) is 6.91. The molecule has 3 amide bonds. The van der Waals surface area contributed by atoms with E-state index in [-0.39, 0.29) is 11.6 Å². The quantitative estimate of drug-likeness (QED) is 0.103. The molecule has 228 valence electrons. The van der Waals surface area contributed by atoms with E-state index in [1.807, 2.05) is 36.6 Å². The number of fused-ring (bicyclic) bond motifs is 1. The highest BCUT2D eigenvalue weighted by molar-refractivity contribution is 8.00. The van der Waals surface area contributed by atoms with Gasteiger partial charge in [0.2, 0.25) is 5.91 Å². The van der Waals surface area contributed by atoms with Gasteiger partial charge in [-0.2, -0.15) is 0 Å². The van der Waals surface area contributed by atoms with E-state index in [4.69, 9.17) is 4.42 Å². The van der Waals surface area contributed by atoms with Crippen molar-refractivity contribution in [2.24, 2.45) is 0 Å². The zero-order chi connectivity index (χ0) is 31.9. The maximum Gasteiger partial charge on any atom is 0.272 e. The molecule has 1 atom stereocenters. The third-order valence-corrected chi connectivity index (χ3v) is 8.76. The summed E-state index contributed by atoms with van der Waals surface area (Å²) in [6, 6.07) is 33.5. The van der Waals surface area contributed by atoms with Crippen molar-refractivity contribution in [1.82, 2.24) is 10.3 Å². The number of hydrogen-bond donors (Lipinski definition) is 3. The lowest BCUT2D eigenvalue weighted by Crippen LogP contribution is -2.30. The second kappa shape index (κ2) is 14.1. The molecule has 2 aromatic heterocycles. The van der Waals surface area contributed by atoms with Crippen LogP contribution in [0.1, 0.15) is 23.0 Å². The highest BCUT2D eigenvalue weighted by Crippen LogP contribution is 2.30. The van der Waals surface area contributed by atoms with Gasteiger partial charge in [-0.3, -0.25) is 14.4 Å². The Hall–Kier alpha value is -5.45. The summed E-state index contributed by atoms with van der Waals surface area (Å²) < 4.78 is 5.37. The summed E-state index contributed by atoms with van der Waals surface area (Å²) in [7, 11) is 0. The summed E-state index contributed by atoms with van der Waals surface area (Å²) >= 11 is 2.73. The maximum atomic E-state index is 13.3. The van der Waals surface area contributed by atoms with Crippen LogP contribution in [0.3, 0.4) is 0 Å². The Balaban J connectivity index is 1.09. The molecule has 0 saturated carbocycles. The molecule has 0 radical (unpaired) electrons. The monoisotopic (exact) mass is 644 g/mol. The molecule has 0 aliphatic rings. The third kappa shape index (κ3) is 7.60. The standard InChI is InChI=1S/C36H28N4O4S2/c1-23(33(41)40-36-39-32(22-45-36)27-17-16-24-9-5-6-12-26(24)19-27)46-30-15-7-13-28(20-30)37-35(43)31(21-29-14-8-18-44-29)38-34(42)25-10-3-2-4-11-25/h2-23H,1H3,(H,37,43)(H,38,42)(H,39,40,41)/b31-21-. The summed E-state index contributed by atoms with van der Waals surface area (Å²) in [6.45, 7) is 1.81. The number of thioether (sulfide) groups is 1. The van der Waals surface area contributed by atoms with Crippen molar-refractivity contribution >= 4 is 68.5 Å². The molecule has 1 unspecified atom stereocenters. The van der Waals surface area contributed by atoms with Gasteiger partial charge >= 0.3 is 0 Å². The predicted octanol–water partition coefficient (Wildman–Crippen LogP) is 8.09. The molecule has 0 aliphatic heterocycles. The Bertz CT molecular complexity index is 2040. The van der Waals surface area contributed by atoms with E-state index in [0.29, 0.717) is 22.1 Å². The summed E-state index contributed by atoms with van der Waals surface area (Å²) in [5.74, 6) is -0.736. The molecule has 8 nitrogen and oxygen atoms in total. The van der Waals surface area contributed by atoms with Gasteiger partial charge in [0.25, 0.3) is 11.8 Å². The number of rotatable bonds is 10. The molecule has 0 aliphatic carbocycles. The number of benzene rings is 4. The number of aromatic nitrogens is 1. The van der Waals surface area contributed by atoms with Crippen molar-refractivity contribution in [2.75, 3.05) is 10.6 Å². The Morgan fingerprint density at radius 1 is 0.848 bits per heavy atom. The van der Waals surface area contributed by atoms with Crippen molar-refractivity contribution in [3.63, 3.8) is 0 Å². The molecular weight excluding hydrogens is 617 g/mol. The minimum atomic E-state index is -0.528. The fraction of sp³-hybridized carbons (Fsp3) is 0.0556. The van der Waals surface area contributed by atoms with Gasteiger partial charge < -0.3 is 20.4 Å². The van der Waals surface area contributed by atoms with Crippen molar-refractivity contribution in [3.05, 3.63) is 138 Å². The van der Waals surface area contributed by atoms with Gasteiger partial charge in [0, 0.05) is 33.2 Å². The Morgan fingerprint density at radius 2 is 1.65 bits per heavy atom. The van der Waals surface area contributed by atoms with Crippen molar-refractivity contribution in [2.45, 2.75) is 17.1 Å². The number of furan rings is 1. The number of hydrogen-bond acceptors (Lipinski definition) is 7. The number of nitrogens with one attached hydrogen (secondary N) is 3. The molecule has 10 heteroatoms. The van der Waals surface area contributed by atoms with Crippen LogP contribution >= 0.6 is 23.1 Å². The number of anilines is 2. The topological polar surface area (TPSA) is 113 Å². The molecule has 0 bridgehead atoms. The Labute approximate surface area is 273 Å². The van der Waals surface area contributed by atoms with Gasteiger partial charge in [0.1, 0.15) is 11.5 Å². The average Bonchev–Trinajstić information content (AvgIpc) is 3.77. The first-order valence-electron chi connectivity index (χ1n) is 14.4. The van der Waals surface area contributed by atoms with Crippen molar-refractivity contribution in [1.29, 1.82) is 0 Å². The largest absolute Gasteiger partial charge is 0.465 e. The van der Waals surface area contributed by atoms with Crippen LogP contribution < -0.4 is 16.0 Å². The zero-order valence-electron chi connectivity index (χ0n) is 24.6. The summed E-state index contributed by atoms with van der Waals surface area (Å²) in [5.41, 5.74) is 2.71. The van der Waals surface area contributed by atoms with Crippen molar-refractivity contribution in [3.8, 4) is 11.3 Å². The molecule has 6 rings (SSSR count). The van der Waals surface area contributed by atoms with Crippen LogP contribution in [0.2, 0.25) is 0 Å². The Morgan fingerprint density at radius 3 is 2.46 bits per heavy atom. The SMILES string of the molecule is CC(Sc1cccc(NC(=O)/C(=C/c2ccco2)NC(=O)c2ccccc2)c1)C(=O)Nc1nc(-c2ccc3ccccc3c2)cs1. The number of thiazole rings is 1. The van der Waals surface area contributed by atoms with Gasteiger partial charge in [-0.15, -0.1) is 23.1 Å². The second-order valence-electron chi connectivity index (χ2n) is 10.2. The van der Waals surface area contributed by atoms with Crippen molar-refractivity contribution < 1.29 is 18.8 Å². The first-order chi connectivity index (χ1) is 22.4. The van der Waals surface area contributed by atoms with Gasteiger partial charge in [0.15, 0.2) is 5.13 Å². The lowest BCUT2D eigenvalue weighted by Gasteiger charge is -2.13. The van der Waals surface area contributed by atoms with E-state index in [9.17, 15) is 14.4 Å². The van der Waals surface area contributed by atoms with Gasteiger partial charge in [-0.25, -0.2) is 4.98 Å². The number of nitrogens with zero attached hydrogens (tertiary/aromatic N) is 1. The van der Waals surface area contributed by atoms with Crippen LogP contribution in [-0.4, -0.2) is 28.0 Å². The molecule has 4 aromatic carbocycles. The molecule has 0 fully saturated rings. The molecule has 0 spiro atoms. The summed E-state index contributed by atoms with van der Waals surface area (Å²) in [6.07, 6.45) is 2.95. The van der Waals surface area contributed by atoms with Gasteiger partial charge in [0.05, 0.1) is 17.2 Å². The highest BCUT2D eigenvalue weighted by Gasteiger charge is 2.19. The zero-order valence-corrected chi connectivity index (χ0v) is 26.2. The molecular formula is C36H28N4O4S2. The number of carbonyl (C=O) groups is 3. The average molecular weight is 645 g/mol. The lowest BCUT2D eigenvalue weighted by atomic mass is 10.1. The van der Waals surface area contributed by atoms with Gasteiger partial charge in [-0.05, 0) is 66.2 Å². The van der Waals surface area contributed by atoms with Crippen LogP contribution in [0.25, 0.3) is 28.1 Å². The normalized spacial score (nSPS) is 12.0. The van der Waals surface area contributed by atoms with Crippen LogP contribution in [0.4, 0.5) is 10.8 Å². The summed E-state index contributed by atoms with van der Waals surface area (Å²) in [5, 5.41) is 12.7. The van der Waals surface area contributed by atoms with Crippen LogP contribution in [0.5, 0.6) is 0 Å². The fourth-order valence-corrected chi connectivity index (χ4v) is 6.23.